The van der Waals surface area contributed by atoms with Crippen LogP contribution in [0.1, 0.15) is 18.6 Å². The summed E-state index contributed by atoms with van der Waals surface area (Å²) >= 11 is 0. The molecule has 0 bridgehead atoms. The van der Waals surface area contributed by atoms with Crippen molar-refractivity contribution in [2.24, 2.45) is 0 Å². The molecule has 3 aromatic rings. The number of H-pyrrole nitrogens is 1. The summed E-state index contributed by atoms with van der Waals surface area (Å²) in [7, 11) is 0. The lowest BCUT2D eigenvalue weighted by Crippen LogP contribution is -2.35. The van der Waals surface area contributed by atoms with Crippen LogP contribution in [0.3, 0.4) is 0 Å². The number of hydrogen-bond donors (Lipinski definition) is 1. The third kappa shape index (κ3) is 4.15. The molecule has 8 nitrogen and oxygen atoms in total. The zero-order valence-electron chi connectivity index (χ0n) is 14.6. The van der Waals surface area contributed by atoms with Crippen molar-refractivity contribution in [1.82, 2.24) is 14.5 Å². The molecule has 8 heteroatoms. The molecule has 0 aliphatic carbocycles. The van der Waals surface area contributed by atoms with Gasteiger partial charge in [0.1, 0.15) is 5.76 Å². The Morgan fingerprint density at radius 2 is 2.04 bits per heavy atom. The van der Waals surface area contributed by atoms with E-state index in [4.69, 9.17) is 9.68 Å². The van der Waals surface area contributed by atoms with Gasteiger partial charge >= 0.3 is 5.69 Å². The number of fused-ring (bicyclic) bond motifs is 1. The summed E-state index contributed by atoms with van der Waals surface area (Å²) in [5.41, 5.74) is -0.526. The molecule has 2 heterocycles. The third-order valence-electron chi connectivity index (χ3n) is 4.23. The number of para-hydroxylation sites is 1. The zero-order chi connectivity index (χ0) is 19.2. The van der Waals surface area contributed by atoms with E-state index < -0.39 is 11.2 Å². The van der Waals surface area contributed by atoms with Crippen molar-refractivity contribution in [1.29, 1.82) is 5.26 Å². The van der Waals surface area contributed by atoms with Crippen molar-refractivity contribution in [2.45, 2.75) is 25.9 Å². The summed E-state index contributed by atoms with van der Waals surface area (Å²) in [6.45, 7) is 0.655. The van der Waals surface area contributed by atoms with Gasteiger partial charge < -0.3 is 9.32 Å². The maximum atomic E-state index is 12.7. The number of benzene rings is 1. The molecule has 0 saturated carbocycles. The predicted molar refractivity (Wildman–Crippen MR) is 97.8 cm³/mol. The highest BCUT2D eigenvalue weighted by Crippen LogP contribution is 2.10. The monoisotopic (exact) mass is 366 g/mol. The van der Waals surface area contributed by atoms with E-state index in [9.17, 15) is 14.4 Å². The van der Waals surface area contributed by atoms with Crippen molar-refractivity contribution < 1.29 is 9.21 Å². The normalized spacial score (nSPS) is 10.6. The van der Waals surface area contributed by atoms with Gasteiger partial charge in [-0.3, -0.25) is 19.1 Å². The summed E-state index contributed by atoms with van der Waals surface area (Å²) in [6.07, 6.45) is 1.78. The predicted octanol–water partition coefficient (Wildman–Crippen LogP) is 1.62. The lowest BCUT2D eigenvalue weighted by Gasteiger charge is -2.21. The van der Waals surface area contributed by atoms with Crippen molar-refractivity contribution in [2.75, 3.05) is 6.54 Å². The van der Waals surface area contributed by atoms with E-state index in [-0.39, 0.29) is 38.4 Å². The molecule has 138 valence electrons. The molecule has 3 rings (SSSR count). The number of nitriles is 1. The fraction of sp³-hybridized carbons (Fsp3) is 0.263. The van der Waals surface area contributed by atoms with Gasteiger partial charge in [-0.2, -0.15) is 5.26 Å². The molecule has 0 radical (unpaired) electrons. The quantitative estimate of drug-likeness (QED) is 0.683. The Labute approximate surface area is 154 Å². The lowest BCUT2D eigenvalue weighted by atomic mass is 10.2. The second-order valence-corrected chi connectivity index (χ2v) is 5.98. The van der Waals surface area contributed by atoms with Gasteiger partial charge in [-0.1, -0.05) is 12.1 Å². The number of amides is 1. The van der Waals surface area contributed by atoms with Crippen LogP contribution in [0.15, 0.2) is 56.7 Å². The number of aryl methyl sites for hydroxylation is 1. The molecule has 0 atom stereocenters. The second kappa shape index (κ2) is 8.19. The first-order valence-electron chi connectivity index (χ1n) is 8.49. The second-order valence-electron chi connectivity index (χ2n) is 5.98. The maximum absolute atomic E-state index is 12.7. The first kappa shape index (κ1) is 18.2. The van der Waals surface area contributed by atoms with Gasteiger partial charge in [-0.25, -0.2) is 4.79 Å². The Morgan fingerprint density at radius 1 is 1.22 bits per heavy atom. The maximum Gasteiger partial charge on any atom is 0.328 e. The molecule has 1 N–H and O–H groups in total. The van der Waals surface area contributed by atoms with Crippen LogP contribution in [0.2, 0.25) is 0 Å². The van der Waals surface area contributed by atoms with Crippen molar-refractivity contribution in [3.05, 3.63) is 69.3 Å². The third-order valence-corrected chi connectivity index (χ3v) is 4.23. The average Bonchev–Trinajstić information content (AvgIpc) is 3.18. The number of hydrogen-bond acceptors (Lipinski definition) is 5. The molecule has 0 fully saturated rings. The number of rotatable bonds is 7. The summed E-state index contributed by atoms with van der Waals surface area (Å²) < 4.78 is 6.65. The van der Waals surface area contributed by atoms with Gasteiger partial charge in [0, 0.05) is 19.5 Å². The number of nitrogens with zero attached hydrogens (tertiary/aromatic N) is 3. The number of aromatic amines is 1. The van der Waals surface area contributed by atoms with Gasteiger partial charge in [0.2, 0.25) is 5.91 Å². The van der Waals surface area contributed by atoms with E-state index >= 15 is 0 Å². The molecule has 0 aliphatic heterocycles. The highest BCUT2D eigenvalue weighted by Gasteiger charge is 2.16. The molecule has 1 amide bonds. The minimum atomic E-state index is -0.555. The van der Waals surface area contributed by atoms with E-state index in [1.54, 1.807) is 36.4 Å². The Kier molecular flexibility index (Phi) is 5.52. The minimum absolute atomic E-state index is 0.0576. The standard InChI is InChI=1S/C19H18N4O4/c20-9-4-10-22(13-14-5-3-12-27-14)17(24)8-11-23-16-7-2-1-6-15(16)18(25)21-19(23)26/h1-3,5-7,12H,4,8,10-11,13H2,(H,21,25,26). The van der Waals surface area contributed by atoms with Crippen LogP contribution in [-0.4, -0.2) is 26.9 Å². The van der Waals surface area contributed by atoms with Crippen LogP contribution in [0.5, 0.6) is 0 Å². The summed E-state index contributed by atoms with van der Waals surface area (Å²) in [5, 5.41) is 9.21. The molecule has 1 aromatic carbocycles. The average molecular weight is 366 g/mol. The molecule has 0 saturated heterocycles. The van der Waals surface area contributed by atoms with Crippen LogP contribution >= 0.6 is 0 Å². The topological polar surface area (TPSA) is 112 Å². The fourth-order valence-electron chi connectivity index (χ4n) is 2.90. The van der Waals surface area contributed by atoms with Crippen LogP contribution in [-0.2, 0) is 17.9 Å². The molecule has 0 aliphatic rings. The highest BCUT2D eigenvalue weighted by molar-refractivity contribution is 5.79. The van der Waals surface area contributed by atoms with Crippen molar-refractivity contribution in [3.8, 4) is 6.07 Å². The number of aromatic nitrogens is 2. The zero-order valence-corrected chi connectivity index (χ0v) is 14.6. The Balaban J connectivity index is 1.79. The van der Waals surface area contributed by atoms with E-state index in [0.29, 0.717) is 16.7 Å². The van der Waals surface area contributed by atoms with E-state index in [1.165, 1.54) is 15.7 Å². The first-order chi connectivity index (χ1) is 13.1. The Morgan fingerprint density at radius 3 is 2.78 bits per heavy atom. The number of carbonyl (C=O) groups is 1. The SMILES string of the molecule is N#CCCN(Cc1ccco1)C(=O)CCn1c(=O)[nH]c(=O)c2ccccc21. The van der Waals surface area contributed by atoms with E-state index in [1.807, 2.05) is 6.07 Å². The first-order valence-corrected chi connectivity index (χ1v) is 8.49. The Bertz CT molecular complexity index is 1090. The molecule has 0 unspecified atom stereocenters. The van der Waals surface area contributed by atoms with E-state index in [2.05, 4.69) is 4.98 Å². The van der Waals surface area contributed by atoms with Crippen molar-refractivity contribution >= 4 is 16.8 Å². The smallest absolute Gasteiger partial charge is 0.328 e. The van der Waals surface area contributed by atoms with Crippen LogP contribution in [0.25, 0.3) is 10.9 Å². The summed E-state index contributed by atoms with van der Waals surface area (Å²) in [5.74, 6) is 0.414. The number of furan rings is 1. The number of carbonyl (C=O) groups excluding carboxylic acids is 1. The van der Waals surface area contributed by atoms with E-state index in [0.717, 1.165) is 0 Å². The minimum Gasteiger partial charge on any atom is -0.467 e. The van der Waals surface area contributed by atoms with Gasteiger partial charge in [0.15, 0.2) is 0 Å². The summed E-state index contributed by atoms with van der Waals surface area (Å²) in [4.78, 5) is 40.6. The molecule has 0 spiro atoms. The molecular weight excluding hydrogens is 348 g/mol. The van der Waals surface area contributed by atoms with Crippen LogP contribution in [0.4, 0.5) is 0 Å². The van der Waals surface area contributed by atoms with Gasteiger partial charge in [0.25, 0.3) is 5.56 Å². The Hall–Kier alpha value is -3.60. The van der Waals surface area contributed by atoms with Gasteiger partial charge in [-0.15, -0.1) is 0 Å². The summed E-state index contributed by atoms with van der Waals surface area (Å²) in [6, 6.07) is 12.3. The van der Waals surface area contributed by atoms with Crippen LogP contribution in [0, 0.1) is 11.3 Å². The highest BCUT2D eigenvalue weighted by atomic mass is 16.3. The van der Waals surface area contributed by atoms with Gasteiger partial charge in [-0.05, 0) is 24.3 Å². The van der Waals surface area contributed by atoms with Crippen molar-refractivity contribution in [3.63, 3.8) is 0 Å². The van der Waals surface area contributed by atoms with Crippen LogP contribution < -0.4 is 11.2 Å². The van der Waals surface area contributed by atoms with Gasteiger partial charge in [0.05, 0.1) is 36.2 Å². The largest absolute Gasteiger partial charge is 0.467 e. The fourth-order valence-corrected chi connectivity index (χ4v) is 2.90. The molecule has 2 aromatic heterocycles. The molecule has 27 heavy (non-hydrogen) atoms. The molecular formula is C19H18N4O4. The number of nitrogens with one attached hydrogen (secondary N) is 1. The lowest BCUT2D eigenvalue weighted by molar-refractivity contribution is -0.132.